The maximum atomic E-state index is 12.6. The van der Waals surface area contributed by atoms with Crippen molar-refractivity contribution in [3.8, 4) is 0 Å². The number of amides is 1. The van der Waals surface area contributed by atoms with Crippen LogP contribution < -0.4 is 5.73 Å². The second kappa shape index (κ2) is 6.57. The number of carbonyl (C=O) groups excluding carboxylic acids is 1. The van der Waals surface area contributed by atoms with Gasteiger partial charge < -0.3 is 10.6 Å². The Morgan fingerprint density at radius 3 is 2.75 bits per heavy atom. The Labute approximate surface area is 124 Å². The number of nitrogen functional groups attached to an aromatic ring is 1. The lowest BCUT2D eigenvalue weighted by atomic mass is 10.1. The van der Waals surface area contributed by atoms with Crippen LogP contribution in [0.3, 0.4) is 0 Å². The first-order valence-electron chi connectivity index (χ1n) is 6.85. The number of hydrogen-bond acceptors (Lipinski definition) is 3. The molecule has 0 spiro atoms. The fraction of sp³-hybridized carbons (Fsp3) is 0.312. The summed E-state index contributed by atoms with van der Waals surface area (Å²) in [5.74, 6) is 0.113. The number of carbonyl (C=O) groups is 1. The SMILES string of the molecule is CCc1ccsc1C(=O)N(CC)Cc1cccc(N)c1. The molecule has 0 radical (unpaired) electrons. The Bertz CT molecular complexity index is 592. The highest BCUT2D eigenvalue weighted by Gasteiger charge is 2.18. The number of aryl methyl sites for hydroxylation is 1. The second-order valence-electron chi connectivity index (χ2n) is 4.69. The average Bonchev–Trinajstić information content (AvgIpc) is 2.92. The van der Waals surface area contributed by atoms with Gasteiger partial charge in [0, 0.05) is 18.8 Å². The van der Waals surface area contributed by atoms with Crippen molar-refractivity contribution in [3.63, 3.8) is 0 Å². The summed E-state index contributed by atoms with van der Waals surface area (Å²) in [4.78, 5) is 15.3. The van der Waals surface area contributed by atoms with E-state index in [0.717, 1.165) is 28.1 Å². The minimum absolute atomic E-state index is 0.113. The first-order chi connectivity index (χ1) is 9.65. The van der Waals surface area contributed by atoms with Crippen LogP contribution in [0.2, 0.25) is 0 Å². The molecule has 1 aromatic carbocycles. The van der Waals surface area contributed by atoms with Crippen molar-refractivity contribution in [3.05, 3.63) is 51.7 Å². The minimum atomic E-state index is 0.113. The fourth-order valence-electron chi connectivity index (χ4n) is 2.18. The van der Waals surface area contributed by atoms with Gasteiger partial charge in [0.2, 0.25) is 0 Å². The van der Waals surface area contributed by atoms with E-state index >= 15 is 0 Å². The molecule has 0 unspecified atom stereocenters. The van der Waals surface area contributed by atoms with Crippen LogP contribution >= 0.6 is 11.3 Å². The number of anilines is 1. The number of nitrogens with two attached hydrogens (primary N) is 1. The van der Waals surface area contributed by atoms with Crippen LogP contribution in [0.5, 0.6) is 0 Å². The van der Waals surface area contributed by atoms with Gasteiger partial charge in [-0.1, -0.05) is 19.1 Å². The lowest BCUT2D eigenvalue weighted by molar-refractivity contribution is 0.0756. The third-order valence-corrected chi connectivity index (χ3v) is 4.26. The Balaban J connectivity index is 2.18. The lowest BCUT2D eigenvalue weighted by Crippen LogP contribution is -2.30. The van der Waals surface area contributed by atoms with E-state index in [2.05, 4.69) is 6.92 Å². The first kappa shape index (κ1) is 14.6. The molecule has 2 aromatic rings. The third-order valence-electron chi connectivity index (χ3n) is 3.32. The van der Waals surface area contributed by atoms with Crippen molar-refractivity contribution in [1.29, 1.82) is 0 Å². The maximum absolute atomic E-state index is 12.6. The molecule has 2 rings (SSSR count). The summed E-state index contributed by atoms with van der Waals surface area (Å²) in [5, 5.41) is 1.99. The zero-order chi connectivity index (χ0) is 14.5. The van der Waals surface area contributed by atoms with Crippen LogP contribution in [-0.2, 0) is 13.0 Å². The summed E-state index contributed by atoms with van der Waals surface area (Å²) >= 11 is 1.52. The van der Waals surface area contributed by atoms with E-state index < -0.39 is 0 Å². The molecule has 0 bridgehead atoms. The highest BCUT2D eigenvalue weighted by atomic mass is 32.1. The molecular weight excluding hydrogens is 268 g/mol. The molecule has 106 valence electrons. The molecular formula is C16H20N2OS. The van der Waals surface area contributed by atoms with E-state index in [9.17, 15) is 4.79 Å². The topological polar surface area (TPSA) is 46.3 Å². The summed E-state index contributed by atoms with van der Waals surface area (Å²) in [6.07, 6.45) is 0.889. The number of rotatable bonds is 5. The zero-order valence-corrected chi connectivity index (χ0v) is 12.7. The van der Waals surface area contributed by atoms with Crippen molar-refractivity contribution in [2.75, 3.05) is 12.3 Å². The van der Waals surface area contributed by atoms with Gasteiger partial charge >= 0.3 is 0 Å². The van der Waals surface area contributed by atoms with Gasteiger partial charge in [0.05, 0.1) is 4.88 Å². The van der Waals surface area contributed by atoms with Crippen LogP contribution in [0.15, 0.2) is 35.7 Å². The molecule has 0 aliphatic heterocycles. The van der Waals surface area contributed by atoms with Crippen molar-refractivity contribution < 1.29 is 4.79 Å². The molecule has 0 aliphatic rings. The number of nitrogens with zero attached hydrogens (tertiary/aromatic N) is 1. The maximum Gasteiger partial charge on any atom is 0.264 e. The minimum Gasteiger partial charge on any atom is -0.399 e. The van der Waals surface area contributed by atoms with Gasteiger partial charge in [-0.05, 0) is 48.1 Å². The molecule has 0 fully saturated rings. The Morgan fingerprint density at radius 1 is 1.30 bits per heavy atom. The van der Waals surface area contributed by atoms with Crippen LogP contribution in [0.1, 0.15) is 34.6 Å². The Morgan fingerprint density at radius 2 is 2.10 bits per heavy atom. The standard InChI is InChI=1S/C16H20N2OS/c1-3-13-8-9-20-15(13)16(19)18(4-2)11-12-6-5-7-14(17)10-12/h5-10H,3-4,11,17H2,1-2H3. The monoisotopic (exact) mass is 288 g/mol. The molecule has 1 amide bonds. The average molecular weight is 288 g/mol. The summed E-state index contributed by atoms with van der Waals surface area (Å²) in [6, 6.07) is 9.74. The lowest BCUT2D eigenvalue weighted by Gasteiger charge is -2.21. The molecule has 4 heteroatoms. The molecule has 0 saturated carbocycles. The molecule has 3 nitrogen and oxygen atoms in total. The Kier molecular flexibility index (Phi) is 4.79. The fourth-order valence-corrected chi connectivity index (χ4v) is 3.15. The molecule has 2 N–H and O–H groups in total. The van der Waals surface area contributed by atoms with E-state index in [1.165, 1.54) is 11.3 Å². The summed E-state index contributed by atoms with van der Waals surface area (Å²) in [7, 11) is 0. The van der Waals surface area contributed by atoms with E-state index in [1.54, 1.807) is 0 Å². The summed E-state index contributed by atoms with van der Waals surface area (Å²) in [6.45, 7) is 5.37. The summed E-state index contributed by atoms with van der Waals surface area (Å²) < 4.78 is 0. The van der Waals surface area contributed by atoms with Crippen LogP contribution in [0.25, 0.3) is 0 Å². The van der Waals surface area contributed by atoms with E-state index in [-0.39, 0.29) is 5.91 Å². The van der Waals surface area contributed by atoms with E-state index in [4.69, 9.17) is 5.73 Å². The van der Waals surface area contributed by atoms with Crippen LogP contribution in [-0.4, -0.2) is 17.4 Å². The summed E-state index contributed by atoms with van der Waals surface area (Å²) in [5.41, 5.74) is 8.72. The molecule has 0 aliphatic carbocycles. The number of hydrogen-bond donors (Lipinski definition) is 1. The van der Waals surface area contributed by atoms with Gasteiger partial charge in [-0.3, -0.25) is 4.79 Å². The molecule has 20 heavy (non-hydrogen) atoms. The smallest absolute Gasteiger partial charge is 0.264 e. The first-order valence-corrected chi connectivity index (χ1v) is 7.73. The van der Waals surface area contributed by atoms with Gasteiger partial charge in [-0.15, -0.1) is 11.3 Å². The van der Waals surface area contributed by atoms with Crippen molar-refractivity contribution in [1.82, 2.24) is 4.90 Å². The van der Waals surface area contributed by atoms with Crippen molar-refractivity contribution >= 4 is 22.9 Å². The normalized spacial score (nSPS) is 10.5. The molecule has 0 saturated heterocycles. The highest BCUT2D eigenvalue weighted by molar-refractivity contribution is 7.12. The van der Waals surface area contributed by atoms with E-state index in [0.29, 0.717) is 13.1 Å². The van der Waals surface area contributed by atoms with Gasteiger partial charge in [0.25, 0.3) is 5.91 Å². The third kappa shape index (κ3) is 3.20. The van der Waals surface area contributed by atoms with Gasteiger partial charge in [-0.2, -0.15) is 0 Å². The predicted octanol–water partition coefficient (Wildman–Crippen LogP) is 3.56. The molecule has 1 heterocycles. The Hall–Kier alpha value is -1.81. The van der Waals surface area contributed by atoms with Gasteiger partial charge in [-0.25, -0.2) is 0 Å². The number of benzene rings is 1. The van der Waals surface area contributed by atoms with Crippen molar-refractivity contribution in [2.45, 2.75) is 26.8 Å². The number of thiophene rings is 1. The van der Waals surface area contributed by atoms with E-state index in [1.807, 2.05) is 47.5 Å². The van der Waals surface area contributed by atoms with Gasteiger partial charge in [0.1, 0.15) is 0 Å². The predicted molar refractivity (Wildman–Crippen MR) is 85.0 cm³/mol. The van der Waals surface area contributed by atoms with Crippen LogP contribution in [0, 0.1) is 0 Å². The molecule has 0 atom stereocenters. The highest BCUT2D eigenvalue weighted by Crippen LogP contribution is 2.21. The second-order valence-corrected chi connectivity index (χ2v) is 5.61. The largest absolute Gasteiger partial charge is 0.399 e. The quantitative estimate of drug-likeness (QED) is 0.855. The van der Waals surface area contributed by atoms with Crippen LogP contribution in [0.4, 0.5) is 5.69 Å². The van der Waals surface area contributed by atoms with Crippen molar-refractivity contribution in [2.24, 2.45) is 0 Å². The zero-order valence-electron chi connectivity index (χ0n) is 11.9. The molecule has 1 aromatic heterocycles. The van der Waals surface area contributed by atoms with Gasteiger partial charge in [0.15, 0.2) is 0 Å².